The molecule has 0 spiro atoms. The molecule has 37 heavy (non-hydrogen) atoms. The quantitative estimate of drug-likeness (QED) is 0.456. The predicted molar refractivity (Wildman–Crippen MR) is 143 cm³/mol. The summed E-state index contributed by atoms with van der Waals surface area (Å²) in [7, 11) is 0. The van der Waals surface area contributed by atoms with Gasteiger partial charge in [0, 0.05) is 44.8 Å². The van der Waals surface area contributed by atoms with Gasteiger partial charge in [-0.15, -0.1) is 15.3 Å². The van der Waals surface area contributed by atoms with Gasteiger partial charge in [-0.25, -0.2) is 4.39 Å². The highest BCUT2D eigenvalue weighted by molar-refractivity contribution is 7.19. The van der Waals surface area contributed by atoms with Crippen molar-refractivity contribution in [3.05, 3.63) is 53.0 Å². The molecule has 3 aromatic rings. The third-order valence-electron chi connectivity index (χ3n) is 7.22. The lowest BCUT2D eigenvalue weighted by molar-refractivity contribution is -0.117. The molecule has 0 radical (unpaired) electrons. The molecule has 11 heteroatoms. The molecule has 2 fully saturated rings. The second kappa shape index (κ2) is 11.5. The van der Waals surface area contributed by atoms with Gasteiger partial charge in [0.15, 0.2) is 5.82 Å². The fraction of sp³-hybridized carbons (Fsp3) is 0.500. The first-order chi connectivity index (χ1) is 17.9. The number of amides is 1. The van der Waals surface area contributed by atoms with Crippen LogP contribution in [0.1, 0.15) is 42.4 Å². The number of carbonyl (C=O) groups is 1. The van der Waals surface area contributed by atoms with Gasteiger partial charge in [-0.2, -0.15) is 5.10 Å². The lowest BCUT2D eigenvalue weighted by Gasteiger charge is -2.32. The first kappa shape index (κ1) is 25.5. The minimum Gasteiger partial charge on any atom is -0.355 e. The Bertz CT molecular complexity index is 1200. The van der Waals surface area contributed by atoms with E-state index in [-0.39, 0.29) is 23.7 Å². The first-order valence-corrected chi connectivity index (χ1v) is 13.6. The molecule has 2 aromatic heterocycles. The number of rotatable bonds is 8. The Morgan fingerprint density at radius 1 is 1.14 bits per heavy atom. The third kappa shape index (κ3) is 6.58. The number of hydrogen-bond acceptors (Lipinski definition) is 9. The SMILES string of the molecule is Cc1cc(CN2CCC[C@@H](CC(=O)Nc3nnc(N[C@@H]4CCN(c5cccnn5)C4)s3)C2)cc(F)c1C. The Morgan fingerprint density at radius 3 is 2.81 bits per heavy atom. The van der Waals surface area contributed by atoms with Crippen LogP contribution >= 0.6 is 11.3 Å². The second-order valence-electron chi connectivity index (χ2n) is 10.1. The van der Waals surface area contributed by atoms with Crippen LogP contribution in [0.3, 0.4) is 0 Å². The van der Waals surface area contributed by atoms with E-state index in [1.807, 2.05) is 26.0 Å². The summed E-state index contributed by atoms with van der Waals surface area (Å²) < 4.78 is 14.2. The van der Waals surface area contributed by atoms with Crippen LogP contribution in [0.4, 0.5) is 20.5 Å². The highest BCUT2D eigenvalue weighted by atomic mass is 32.1. The van der Waals surface area contributed by atoms with Gasteiger partial charge in [-0.3, -0.25) is 9.69 Å². The zero-order chi connectivity index (χ0) is 25.8. The van der Waals surface area contributed by atoms with Gasteiger partial charge in [0.05, 0.1) is 0 Å². The van der Waals surface area contributed by atoms with Crippen molar-refractivity contribution >= 4 is 33.3 Å². The molecule has 4 heterocycles. The van der Waals surface area contributed by atoms with Crippen LogP contribution in [0.15, 0.2) is 30.5 Å². The molecular formula is C26H33FN8OS. The summed E-state index contributed by atoms with van der Waals surface area (Å²) in [5.41, 5.74) is 2.67. The number of benzene rings is 1. The van der Waals surface area contributed by atoms with Crippen molar-refractivity contribution in [3.63, 3.8) is 0 Å². The molecule has 2 atom stereocenters. The van der Waals surface area contributed by atoms with Crippen LogP contribution in [-0.4, -0.2) is 63.4 Å². The maximum Gasteiger partial charge on any atom is 0.226 e. The van der Waals surface area contributed by atoms with E-state index in [0.29, 0.717) is 28.8 Å². The van der Waals surface area contributed by atoms with Gasteiger partial charge in [0.25, 0.3) is 0 Å². The number of nitrogens with one attached hydrogen (secondary N) is 2. The molecule has 2 saturated heterocycles. The number of aryl methyl sites for hydroxylation is 1. The van der Waals surface area contributed by atoms with Crippen LogP contribution < -0.4 is 15.5 Å². The molecule has 2 aliphatic rings. The molecule has 9 nitrogen and oxygen atoms in total. The zero-order valence-corrected chi connectivity index (χ0v) is 22.1. The Morgan fingerprint density at radius 2 is 2.00 bits per heavy atom. The van der Waals surface area contributed by atoms with E-state index in [9.17, 15) is 9.18 Å². The molecule has 1 amide bonds. The number of hydrogen-bond donors (Lipinski definition) is 2. The number of piperidine rings is 1. The van der Waals surface area contributed by atoms with Crippen molar-refractivity contribution in [2.45, 2.75) is 52.1 Å². The summed E-state index contributed by atoms with van der Waals surface area (Å²) in [6.45, 7) is 7.97. The third-order valence-corrected chi connectivity index (χ3v) is 7.99. The molecule has 2 N–H and O–H groups in total. The molecule has 0 aliphatic carbocycles. The van der Waals surface area contributed by atoms with Gasteiger partial charge in [0.1, 0.15) is 5.82 Å². The lowest BCUT2D eigenvalue weighted by Crippen LogP contribution is -2.36. The largest absolute Gasteiger partial charge is 0.355 e. The smallest absolute Gasteiger partial charge is 0.226 e. The van der Waals surface area contributed by atoms with Crippen molar-refractivity contribution in [1.82, 2.24) is 25.3 Å². The van der Waals surface area contributed by atoms with E-state index in [1.54, 1.807) is 12.3 Å². The molecule has 2 aliphatic heterocycles. The number of likely N-dealkylation sites (tertiary alicyclic amines) is 1. The minimum absolute atomic E-state index is 0.0403. The van der Waals surface area contributed by atoms with Crippen molar-refractivity contribution in [2.24, 2.45) is 5.92 Å². The van der Waals surface area contributed by atoms with Gasteiger partial charge >= 0.3 is 0 Å². The maximum absolute atomic E-state index is 14.2. The fourth-order valence-electron chi connectivity index (χ4n) is 5.19. The van der Waals surface area contributed by atoms with Gasteiger partial charge in [-0.1, -0.05) is 17.4 Å². The van der Waals surface area contributed by atoms with E-state index in [1.165, 1.54) is 11.3 Å². The average Bonchev–Trinajstić information content (AvgIpc) is 3.53. The van der Waals surface area contributed by atoms with Gasteiger partial charge in [0.2, 0.25) is 16.2 Å². The summed E-state index contributed by atoms with van der Waals surface area (Å²) in [5, 5.41) is 24.1. The molecule has 0 unspecified atom stereocenters. The maximum atomic E-state index is 14.2. The van der Waals surface area contributed by atoms with E-state index in [2.05, 4.69) is 46.9 Å². The molecular weight excluding hydrogens is 491 g/mol. The molecule has 0 saturated carbocycles. The van der Waals surface area contributed by atoms with Gasteiger partial charge in [-0.05, 0) is 80.5 Å². The summed E-state index contributed by atoms with van der Waals surface area (Å²) >= 11 is 1.36. The Kier molecular flexibility index (Phi) is 7.90. The summed E-state index contributed by atoms with van der Waals surface area (Å²) in [5.74, 6) is 0.951. The average molecular weight is 525 g/mol. The van der Waals surface area contributed by atoms with Crippen LogP contribution in [0, 0.1) is 25.6 Å². The summed E-state index contributed by atoms with van der Waals surface area (Å²) in [4.78, 5) is 17.3. The van der Waals surface area contributed by atoms with Crippen LogP contribution in [0.2, 0.25) is 0 Å². The Labute approximate surface area is 220 Å². The van der Waals surface area contributed by atoms with Crippen LogP contribution in [-0.2, 0) is 11.3 Å². The molecule has 1 aromatic carbocycles. The van der Waals surface area contributed by atoms with Crippen molar-refractivity contribution in [1.29, 1.82) is 0 Å². The van der Waals surface area contributed by atoms with Crippen LogP contribution in [0.5, 0.6) is 0 Å². The zero-order valence-electron chi connectivity index (χ0n) is 21.3. The second-order valence-corrected chi connectivity index (χ2v) is 11.1. The number of nitrogens with zero attached hydrogens (tertiary/aromatic N) is 6. The Hall–Kier alpha value is -3.18. The van der Waals surface area contributed by atoms with Crippen molar-refractivity contribution in [2.75, 3.05) is 41.7 Å². The summed E-state index contributed by atoms with van der Waals surface area (Å²) in [6, 6.07) is 7.79. The lowest BCUT2D eigenvalue weighted by atomic mass is 9.94. The number of carbonyl (C=O) groups excluding carboxylic acids is 1. The summed E-state index contributed by atoms with van der Waals surface area (Å²) in [6.07, 6.45) is 5.12. The van der Waals surface area contributed by atoms with E-state index < -0.39 is 0 Å². The number of halogens is 1. The normalized spacial score (nSPS) is 20.2. The van der Waals surface area contributed by atoms with Crippen LogP contribution in [0.25, 0.3) is 0 Å². The highest BCUT2D eigenvalue weighted by Gasteiger charge is 2.26. The van der Waals surface area contributed by atoms with E-state index in [4.69, 9.17) is 0 Å². The number of aromatic nitrogens is 4. The van der Waals surface area contributed by atoms with E-state index >= 15 is 0 Å². The van der Waals surface area contributed by atoms with Gasteiger partial charge < -0.3 is 15.5 Å². The number of anilines is 3. The van der Waals surface area contributed by atoms with E-state index in [0.717, 1.165) is 62.4 Å². The predicted octanol–water partition coefficient (Wildman–Crippen LogP) is 4.02. The molecule has 0 bridgehead atoms. The fourth-order valence-corrected chi connectivity index (χ4v) is 5.92. The Balaban J connectivity index is 1.08. The minimum atomic E-state index is -0.149. The molecule has 5 rings (SSSR count). The van der Waals surface area contributed by atoms with Crippen molar-refractivity contribution in [3.8, 4) is 0 Å². The molecule has 196 valence electrons. The monoisotopic (exact) mass is 524 g/mol. The first-order valence-electron chi connectivity index (χ1n) is 12.8. The topological polar surface area (TPSA) is 99.2 Å². The standard InChI is InChI=1S/C26H33FN8OS/c1-17-11-20(12-22(27)18(17)2)15-34-9-4-5-19(14-34)13-24(36)30-26-33-32-25(37-26)29-21-7-10-35(16-21)23-6-3-8-28-31-23/h3,6,8,11-12,19,21H,4-5,7,9-10,13-16H2,1-2H3,(H,29,32)(H,30,33,36)/t19-,21+/m0/s1. The highest BCUT2D eigenvalue weighted by Crippen LogP contribution is 2.26. The van der Waals surface area contributed by atoms with Crippen molar-refractivity contribution < 1.29 is 9.18 Å².